The third-order valence-electron chi connectivity index (χ3n) is 21.5. The lowest BCUT2D eigenvalue weighted by atomic mass is 9.96. The number of hydrogen-bond donors (Lipinski definition) is 12. The van der Waals surface area contributed by atoms with Gasteiger partial charge in [0.05, 0.1) is 38.6 Å². The largest absolute Gasteiger partial charge is 0.394 e. The Hall–Kier alpha value is -2.51. The zero-order valence-electron chi connectivity index (χ0n) is 66.7. The highest BCUT2D eigenvalue weighted by atomic mass is 16.8. The molecule has 3 fully saturated rings. The van der Waals surface area contributed by atoms with E-state index in [-0.39, 0.29) is 18.9 Å². The predicted octanol–water partition coefficient (Wildman–Crippen LogP) is 15.8. The highest BCUT2D eigenvalue weighted by Gasteiger charge is 2.54. The van der Waals surface area contributed by atoms with Crippen molar-refractivity contribution in [1.82, 2.24) is 5.32 Å². The van der Waals surface area contributed by atoms with E-state index in [4.69, 9.17) is 28.4 Å². The summed E-state index contributed by atoms with van der Waals surface area (Å²) < 4.78 is 34.5. The molecule has 1 amide bonds. The summed E-state index contributed by atoms with van der Waals surface area (Å²) in [5.41, 5.74) is 0. The Morgan fingerprint density at radius 2 is 0.632 bits per heavy atom. The van der Waals surface area contributed by atoms with Gasteiger partial charge in [-0.25, -0.2) is 0 Å². The Morgan fingerprint density at radius 1 is 0.340 bits per heavy atom. The van der Waals surface area contributed by atoms with Gasteiger partial charge in [-0.1, -0.05) is 338 Å². The molecule has 19 nitrogen and oxygen atoms in total. The van der Waals surface area contributed by atoms with E-state index in [0.29, 0.717) is 12.8 Å². The van der Waals surface area contributed by atoms with Crippen LogP contribution in [-0.2, 0) is 33.2 Å². The third-order valence-corrected chi connectivity index (χ3v) is 21.5. The molecule has 12 N–H and O–H groups in total. The Labute approximate surface area is 643 Å². The topological polar surface area (TPSA) is 307 Å². The Morgan fingerprint density at radius 3 is 1.01 bits per heavy atom. The lowest BCUT2D eigenvalue weighted by Crippen LogP contribution is -2.66. The number of aliphatic hydroxyl groups is 11. The van der Waals surface area contributed by atoms with Crippen LogP contribution in [0.25, 0.3) is 0 Å². The van der Waals surface area contributed by atoms with Gasteiger partial charge in [0.15, 0.2) is 18.9 Å². The lowest BCUT2D eigenvalue weighted by Gasteiger charge is -2.48. The number of carbonyl (C=O) groups excluding carboxylic acids is 1. The molecule has 17 unspecified atom stereocenters. The highest BCUT2D eigenvalue weighted by Crippen LogP contribution is 2.33. The van der Waals surface area contributed by atoms with Crippen LogP contribution in [0.4, 0.5) is 0 Å². The van der Waals surface area contributed by atoms with Crippen molar-refractivity contribution in [2.24, 2.45) is 0 Å². The van der Waals surface area contributed by atoms with Crippen LogP contribution < -0.4 is 5.32 Å². The first kappa shape index (κ1) is 97.7. The zero-order valence-corrected chi connectivity index (χ0v) is 66.7. The summed E-state index contributed by atoms with van der Waals surface area (Å²) >= 11 is 0. The molecule has 17 atom stereocenters. The fourth-order valence-electron chi connectivity index (χ4n) is 14.6. The van der Waals surface area contributed by atoms with Crippen LogP contribution in [0.5, 0.6) is 0 Å². The van der Waals surface area contributed by atoms with E-state index < -0.39 is 124 Å². The normalized spacial score (nSPS) is 25.9. The fraction of sp³-hybridized carbons (Fsp3) is 0.874. The van der Waals surface area contributed by atoms with Gasteiger partial charge in [0, 0.05) is 6.42 Å². The SMILES string of the molecule is CCCCCCC/C=C\C/C=C\C/C=C\CCCCCCCCCCCCCCCCCCC(=O)NC(COC1OC(CO)C(OC2OC(CO)C(OC3OC(CO)C(O)C(O)C3O)C(O)C2O)C(O)C1O)C(O)/C=C/CC/C=C/CCCCCCCCCCCCCCCCCCCCCCCCCC. The third kappa shape index (κ3) is 45.9. The van der Waals surface area contributed by atoms with Gasteiger partial charge < -0.3 is 89.9 Å². The second-order valence-electron chi connectivity index (χ2n) is 31.0. The van der Waals surface area contributed by atoms with Crippen molar-refractivity contribution < 1.29 is 89.4 Å². The minimum absolute atomic E-state index is 0.235. The molecule has 3 rings (SSSR count). The van der Waals surface area contributed by atoms with Crippen molar-refractivity contribution in [2.45, 2.75) is 458 Å². The van der Waals surface area contributed by atoms with Crippen LogP contribution in [0, 0.1) is 0 Å². The number of nitrogens with one attached hydrogen (secondary N) is 1. The van der Waals surface area contributed by atoms with Crippen molar-refractivity contribution in [1.29, 1.82) is 0 Å². The molecule has 3 heterocycles. The summed E-state index contributed by atoms with van der Waals surface area (Å²) in [7, 11) is 0. The maximum absolute atomic E-state index is 13.5. The maximum atomic E-state index is 13.5. The molecule has 0 aliphatic carbocycles. The van der Waals surface area contributed by atoms with Gasteiger partial charge in [-0.05, 0) is 70.6 Å². The van der Waals surface area contributed by atoms with Crippen molar-refractivity contribution >= 4 is 5.91 Å². The molecule has 0 radical (unpaired) electrons. The molecule has 0 aromatic heterocycles. The average molecular weight is 1510 g/mol. The molecule has 0 bridgehead atoms. The average Bonchev–Trinajstić information content (AvgIpc) is 0.780. The monoisotopic (exact) mass is 1510 g/mol. The van der Waals surface area contributed by atoms with Crippen molar-refractivity contribution in [2.75, 3.05) is 26.4 Å². The summed E-state index contributed by atoms with van der Waals surface area (Å²) in [6.07, 6.45) is 60.8. The van der Waals surface area contributed by atoms with Crippen LogP contribution in [0.2, 0.25) is 0 Å². The van der Waals surface area contributed by atoms with Crippen molar-refractivity contribution in [3.8, 4) is 0 Å². The number of hydrogen-bond acceptors (Lipinski definition) is 18. The first-order chi connectivity index (χ1) is 51.8. The van der Waals surface area contributed by atoms with E-state index in [1.807, 2.05) is 6.08 Å². The summed E-state index contributed by atoms with van der Waals surface area (Å²) in [5.74, 6) is -0.281. The van der Waals surface area contributed by atoms with Crippen LogP contribution in [0.1, 0.15) is 354 Å². The molecule has 620 valence electrons. The summed E-state index contributed by atoms with van der Waals surface area (Å²) in [5, 5.41) is 121. The smallest absolute Gasteiger partial charge is 0.220 e. The second kappa shape index (κ2) is 67.0. The Kier molecular flexibility index (Phi) is 61.8. The number of carbonyl (C=O) groups is 1. The minimum atomic E-state index is -1.98. The number of allylic oxidation sites excluding steroid dienone is 9. The molecule has 3 aliphatic heterocycles. The Balaban J connectivity index is 1.36. The molecular weight excluding hydrogens is 1350 g/mol. The predicted molar refractivity (Wildman–Crippen MR) is 425 cm³/mol. The Bertz CT molecular complexity index is 2150. The second-order valence-corrected chi connectivity index (χ2v) is 31.0. The van der Waals surface area contributed by atoms with Crippen molar-refractivity contribution in [3.63, 3.8) is 0 Å². The number of amides is 1. The summed E-state index contributed by atoms with van der Waals surface area (Å²) in [4.78, 5) is 13.5. The van der Waals surface area contributed by atoms with Crippen LogP contribution in [0.3, 0.4) is 0 Å². The lowest BCUT2D eigenvalue weighted by molar-refractivity contribution is -0.379. The van der Waals surface area contributed by atoms with Crippen molar-refractivity contribution in [3.05, 3.63) is 60.8 Å². The number of rotatable bonds is 70. The van der Waals surface area contributed by atoms with Gasteiger partial charge in [0.2, 0.25) is 5.91 Å². The molecule has 106 heavy (non-hydrogen) atoms. The van der Waals surface area contributed by atoms with Crippen LogP contribution >= 0.6 is 0 Å². The zero-order chi connectivity index (χ0) is 76.7. The minimum Gasteiger partial charge on any atom is -0.394 e. The first-order valence-corrected chi connectivity index (χ1v) is 43.5. The van der Waals surface area contributed by atoms with Crippen LogP contribution in [0.15, 0.2) is 60.8 Å². The standard InChI is InChI=1S/C87H159NO18/c1-3-5-7-9-11-13-15-17-19-21-23-25-27-29-31-33-35-37-39-41-43-45-47-49-51-53-55-57-59-61-63-65-75(93)88-70(71(92)64-62-60-58-56-54-52-50-48-46-44-42-40-38-36-34-32-30-28-26-24-22-20-18-16-14-12-10-8-6-4-2)69-101-85-81(99)78(96)83(73(67-90)103-85)106-87-82(100)79(97)84(74(68-91)104-87)105-86-80(98)77(95)76(94)72(66-89)102-86/h15,17,21,23,27,29,54,56,62,64,70-74,76-87,89-92,94-100H,3-14,16,18-20,22,24-26,28,30-53,55,57-61,63,65-69H2,1-2H3,(H,88,93)/b17-15-,23-21-,29-27-,56-54+,64-62+. The summed E-state index contributed by atoms with van der Waals surface area (Å²) in [6, 6.07) is -0.994. The quantitative estimate of drug-likeness (QED) is 0.0199. The van der Waals surface area contributed by atoms with Crippen LogP contribution in [-0.4, -0.2) is 193 Å². The van der Waals surface area contributed by atoms with E-state index in [1.54, 1.807) is 6.08 Å². The molecule has 3 aliphatic rings. The maximum Gasteiger partial charge on any atom is 0.220 e. The number of aliphatic hydroxyl groups excluding tert-OH is 11. The molecule has 0 saturated carbocycles. The van der Waals surface area contributed by atoms with Gasteiger partial charge in [-0.2, -0.15) is 0 Å². The van der Waals surface area contributed by atoms with E-state index in [9.17, 15) is 61.0 Å². The molecule has 0 spiro atoms. The van der Waals surface area contributed by atoms with Gasteiger partial charge >= 0.3 is 0 Å². The van der Waals surface area contributed by atoms with E-state index >= 15 is 0 Å². The van der Waals surface area contributed by atoms with Gasteiger partial charge in [0.25, 0.3) is 0 Å². The van der Waals surface area contributed by atoms with E-state index in [2.05, 4.69) is 67.8 Å². The van der Waals surface area contributed by atoms with E-state index in [0.717, 1.165) is 51.4 Å². The first-order valence-electron chi connectivity index (χ1n) is 43.5. The molecule has 0 aromatic carbocycles. The molecular formula is C87H159NO18. The van der Waals surface area contributed by atoms with Gasteiger partial charge in [-0.15, -0.1) is 0 Å². The van der Waals surface area contributed by atoms with Gasteiger partial charge in [0.1, 0.15) is 73.2 Å². The van der Waals surface area contributed by atoms with Gasteiger partial charge in [-0.3, -0.25) is 4.79 Å². The highest BCUT2D eigenvalue weighted by molar-refractivity contribution is 5.76. The number of ether oxygens (including phenoxy) is 6. The molecule has 0 aromatic rings. The number of unbranched alkanes of at least 4 members (excludes halogenated alkanes) is 46. The fourth-order valence-corrected chi connectivity index (χ4v) is 14.6. The molecule has 3 saturated heterocycles. The van der Waals surface area contributed by atoms with E-state index in [1.165, 1.54) is 270 Å². The molecule has 19 heteroatoms. The summed E-state index contributed by atoms with van der Waals surface area (Å²) in [6.45, 7) is 1.76.